The third kappa shape index (κ3) is 1.86. The highest BCUT2D eigenvalue weighted by molar-refractivity contribution is 7.22. The maximum absolute atomic E-state index is 12.9. The number of hydrogen-bond acceptors (Lipinski definition) is 7. The van der Waals surface area contributed by atoms with Gasteiger partial charge in [-0.2, -0.15) is 0 Å². The first-order chi connectivity index (χ1) is 12.0. The molecule has 1 amide bonds. The van der Waals surface area contributed by atoms with Crippen LogP contribution >= 0.6 is 11.3 Å². The van der Waals surface area contributed by atoms with Gasteiger partial charge < -0.3 is 19.4 Å². The smallest absolute Gasteiger partial charge is 0.236 e. The number of ether oxygens (including phenoxy) is 2. The molecule has 0 N–H and O–H groups in total. The van der Waals surface area contributed by atoms with Gasteiger partial charge in [-0.1, -0.05) is 23.5 Å². The first kappa shape index (κ1) is 14.9. The second kappa shape index (κ2) is 4.80. The van der Waals surface area contributed by atoms with E-state index in [0.717, 1.165) is 10.2 Å². The van der Waals surface area contributed by atoms with Crippen molar-refractivity contribution < 1.29 is 24.2 Å². The van der Waals surface area contributed by atoms with Gasteiger partial charge >= 0.3 is 0 Å². The summed E-state index contributed by atoms with van der Waals surface area (Å²) in [6.07, 6.45) is 2.95. The zero-order chi connectivity index (χ0) is 17.3. The lowest BCUT2D eigenvalue weighted by Crippen LogP contribution is -2.45. The number of anilines is 1. The van der Waals surface area contributed by atoms with E-state index in [1.807, 2.05) is 18.2 Å². The maximum Gasteiger partial charge on any atom is 0.236 e. The molecule has 1 spiro atoms. The SMILES string of the molecule is COc1ccc2sc(N3C[C@@]45C=C[C@@H](O4)[C@@H](C(=O)[O-])[C@H]5C3=O)nc2c1. The summed E-state index contributed by atoms with van der Waals surface area (Å²) in [7, 11) is 1.58. The minimum Gasteiger partial charge on any atom is -0.550 e. The second-order valence-corrected chi connectivity index (χ2v) is 7.48. The summed E-state index contributed by atoms with van der Waals surface area (Å²) in [5, 5.41) is 12.0. The van der Waals surface area contributed by atoms with E-state index in [0.29, 0.717) is 10.9 Å². The molecule has 0 saturated carbocycles. The fraction of sp³-hybridized carbons (Fsp3) is 0.353. The van der Waals surface area contributed by atoms with Crippen LogP contribution in [0.5, 0.6) is 5.75 Å². The molecule has 25 heavy (non-hydrogen) atoms. The normalized spacial score (nSPS) is 32.6. The van der Waals surface area contributed by atoms with Crippen LogP contribution in [0.15, 0.2) is 30.4 Å². The molecule has 3 aliphatic heterocycles. The van der Waals surface area contributed by atoms with Crippen LogP contribution in [0.1, 0.15) is 0 Å². The van der Waals surface area contributed by atoms with E-state index in [9.17, 15) is 14.7 Å². The first-order valence-corrected chi connectivity index (χ1v) is 8.68. The highest BCUT2D eigenvalue weighted by atomic mass is 32.1. The van der Waals surface area contributed by atoms with Crippen molar-refractivity contribution in [1.82, 2.24) is 4.98 Å². The van der Waals surface area contributed by atoms with Gasteiger partial charge in [0.05, 0.1) is 35.9 Å². The number of carbonyl (C=O) groups is 2. The molecule has 128 valence electrons. The van der Waals surface area contributed by atoms with Crippen molar-refractivity contribution in [1.29, 1.82) is 0 Å². The predicted molar refractivity (Wildman–Crippen MR) is 87.3 cm³/mol. The van der Waals surface area contributed by atoms with Crippen LogP contribution in [0.4, 0.5) is 5.13 Å². The molecule has 3 aliphatic rings. The third-order valence-corrected chi connectivity index (χ3v) is 6.25. The Bertz CT molecular complexity index is 954. The van der Waals surface area contributed by atoms with Crippen molar-refractivity contribution in [2.45, 2.75) is 11.7 Å². The summed E-state index contributed by atoms with van der Waals surface area (Å²) in [5.41, 5.74) is -0.152. The van der Waals surface area contributed by atoms with E-state index >= 15 is 0 Å². The molecular formula is C17H13N2O5S-. The van der Waals surface area contributed by atoms with Crippen LogP contribution in [-0.4, -0.2) is 42.2 Å². The molecule has 1 aromatic heterocycles. The van der Waals surface area contributed by atoms with Crippen LogP contribution in [0.3, 0.4) is 0 Å². The number of aromatic nitrogens is 1. The van der Waals surface area contributed by atoms with Crippen LogP contribution < -0.4 is 14.7 Å². The Balaban J connectivity index is 1.55. The Morgan fingerprint density at radius 3 is 3.12 bits per heavy atom. The van der Waals surface area contributed by atoms with Crippen molar-refractivity contribution in [3.8, 4) is 5.75 Å². The highest BCUT2D eigenvalue weighted by Gasteiger charge is 2.65. The fourth-order valence-corrected chi connectivity index (χ4v) is 5.02. The van der Waals surface area contributed by atoms with Crippen LogP contribution in [0, 0.1) is 11.8 Å². The molecule has 0 aliphatic carbocycles. The van der Waals surface area contributed by atoms with Gasteiger partial charge in [-0.3, -0.25) is 9.69 Å². The largest absolute Gasteiger partial charge is 0.550 e. The molecule has 2 saturated heterocycles. The minimum absolute atomic E-state index is 0.268. The molecule has 7 nitrogen and oxygen atoms in total. The molecule has 0 unspecified atom stereocenters. The van der Waals surface area contributed by atoms with E-state index < -0.39 is 29.5 Å². The molecular weight excluding hydrogens is 344 g/mol. The van der Waals surface area contributed by atoms with Gasteiger partial charge in [0.15, 0.2) is 5.13 Å². The third-order valence-electron chi connectivity index (χ3n) is 5.19. The summed E-state index contributed by atoms with van der Waals surface area (Å²) >= 11 is 1.38. The van der Waals surface area contributed by atoms with Crippen LogP contribution in [-0.2, 0) is 14.3 Å². The average molecular weight is 357 g/mol. The number of benzene rings is 1. The average Bonchev–Trinajstić information content (AvgIpc) is 3.32. The van der Waals surface area contributed by atoms with E-state index in [1.54, 1.807) is 19.3 Å². The lowest BCUT2D eigenvalue weighted by molar-refractivity contribution is -0.313. The first-order valence-electron chi connectivity index (χ1n) is 7.86. The van der Waals surface area contributed by atoms with Gasteiger partial charge in [-0.15, -0.1) is 0 Å². The zero-order valence-electron chi connectivity index (χ0n) is 13.2. The number of carbonyl (C=O) groups excluding carboxylic acids is 2. The van der Waals surface area contributed by atoms with Crippen molar-refractivity contribution in [3.63, 3.8) is 0 Å². The minimum atomic E-state index is -1.24. The lowest BCUT2D eigenvalue weighted by Gasteiger charge is -2.24. The quantitative estimate of drug-likeness (QED) is 0.736. The van der Waals surface area contributed by atoms with Gasteiger partial charge in [0.25, 0.3) is 0 Å². The molecule has 8 heteroatoms. The Morgan fingerprint density at radius 1 is 1.52 bits per heavy atom. The number of nitrogens with zero attached hydrogens (tertiary/aromatic N) is 2. The summed E-state index contributed by atoms with van der Waals surface area (Å²) in [6.45, 7) is 0.268. The molecule has 0 radical (unpaired) electrons. The number of amides is 1. The van der Waals surface area contributed by atoms with Gasteiger partial charge in [0.1, 0.15) is 11.4 Å². The Morgan fingerprint density at radius 2 is 2.36 bits per heavy atom. The van der Waals surface area contributed by atoms with E-state index in [2.05, 4.69) is 4.98 Å². The van der Waals surface area contributed by atoms with Crippen LogP contribution in [0.25, 0.3) is 10.2 Å². The van der Waals surface area contributed by atoms with Crippen molar-refractivity contribution in [2.75, 3.05) is 18.6 Å². The van der Waals surface area contributed by atoms with Crippen molar-refractivity contribution in [3.05, 3.63) is 30.4 Å². The summed E-state index contributed by atoms with van der Waals surface area (Å²) < 4.78 is 12.0. The molecule has 2 bridgehead atoms. The van der Waals surface area contributed by atoms with Crippen molar-refractivity contribution in [2.24, 2.45) is 11.8 Å². The number of rotatable bonds is 3. The molecule has 1 aromatic carbocycles. The molecule has 2 aromatic rings. The number of thiazole rings is 1. The van der Waals surface area contributed by atoms with Gasteiger partial charge in [0.2, 0.25) is 5.91 Å². The zero-order valence-corrected chi connectivity index (χ0v) is 14.0. The summed E-state index contributed by atoms with van der Waals surface area (Å²) in [6, 6.07) is 5.53. The summed E-state index contributed by atoms with van der Waals surface area (Å²) in [4.78, 5) is 30.5. The van der Waals surface area contributed by atoms with Gasteiger partial charge in [-0.25, -0.2) is 4.98 Å². The Hall–Kier alpha value is -2.45. The predicted octanol–water partition coefficient (Wildman–Crippen LogP) is 0.341. The number of hydrogen-bond donors (Lipinski definition) is 0. The van der Waals surface area contributed by atoms with Gasteiger partial charge in [0, 0.05) is 18.0 Å². The van der Waals surface area contributed by atoms with E-state index in [1.165, 1.54) is 16.2 Å². The van der Waals surface area contributed by atoms with Crippen LogP contribution in [0.2, 0.25) is 0 Å². The van der Waals surface area contributed by atoms with Crippen molar-refractivity contribution >= 4 is 38.6 Å². The second-order valence-electron chi connectivity index (χ2n) is 6.47. The molecule has 2 fully saturated rings. The number of fused-ring (bicyclic) bond motifs is 2. The van der Waals surface area contributed by atoms with E-state index in [-0.39, 0.29) is 12.5 Å². The Labute approximate surface area is 146 Å². The monoisotopic (exact) mass is 357 g/mol. The molecule has 4 atom stereocenters. The lowest BCUT2D eigenvalue weighted by atomic mass is 9.77. The standard InChI is InChI=1S/C17H14N2O5S/c1-23-8-2-3-11-9(6-8)18-16(25-11)19-7-17-5-4-10(24-17)12(15(21)22)13(17)14(19)20/h2-6,10,12-13H,7H2,1H3,(H,21,22)/p-1/t10-,12-,13+,17-/m1/s1. The number of aliphatic carboxylic acids is 1. The number of carboxylic acid groups (broad SMARTS) is 1. The highest BCUT2D eigenvalue weighted by Crippen LogP contribution is 2.52. The van der Waals surface area contributed by atoms with Gasteiger partial charge in [-0.05, 0) is 12.1 Å². The number of methoxy groups -OCH3 is 1. The topological polar surface area (TPSA) is 91.8 Å². The fourth-order valence-electron chi connectivity index (χ4n) is 4.07. The molecule has 4 heterocycles. The Kier molecular flexibility index (Phi) is 2.85. The summed E-state index contributed by atoms with van der Waals surface area (Å²) in [5.74, 6) is -2.53. The molecule has 5 rings (SSSR count). The van der Waals surface area contributed by atoms with E-state index in [4.69, 9.17) is 9.47 Å². The number of carboxylic acids is 1. The maximum atomic E-state index is 12.9.